The second kappa shape index (κ2) is 5.48. The molecule has 0 radical (unpaired) electrons. The fourth-order valence-corrected chi connectivity index (χ4v) is 1.75. The molecule has 19 heavy (non-hydrogen) atoms. The van der Waals surface area contributed by atoms with E-state index < -0.39 is 5.82 Å². The molecule has 5 heteroatoms. The number of para-hydroxylation sites is 1. The molecule has 0 saturated carbocycles. The van der Waals surface area contributed by atoms with E-state index in [2.05, 4.69) is 10.3 Å². The van der Waals surface area contributed by atoms with Crippen molar-refractivity contribution in [2.75, 3.05) is 24.3 Å². The summed E-state index contributed by atoms with van der Waals surface area (Å²) in [7, 11) is 3.28. The van der Waals surface area contributed by atoms with Crippen molar-refractivity contribution in [1.29, 1.82) is 0 Å². The molecule has 0 aliphatic heterocycles. The number of halogens is 1. The molecule has 2 rings (SSSR count). The lowest BCUT2D eigenvalue weighted by atomic mass is 10.2. The van der Waals surface area contributed by atoms with Crippen LogP contribution in [0.1, 0.15) is 10.4 Å². The Hall–Kier alpha value is -2.43. The third-order valence-electron chi connectivity index (χ3n) is 2.77. The fraction of sp³-hybridized carbons (Fsp3) is 0.143. The normalized spacial score (nSPS) is 10.1. The maximum atomic E-state index is 13.2. The van der Waals surface area contributed by atoms with Crippen LogP contribution in [0.25, 0.3) is 0 Å². The lowest BCUT2D eigenvalue weighted by molar-refractivity contribution is 0.0993. The number of amides is 1. The molecule has 0 aliphatic rings. The Morgan fingerprint density at radius 3 is 2.63 bits per heavy atom. The monoisotopic (exact) mass is 259 g/mol. The van der Waals surface area contributed by atoms with E-state index in [0.29, 0.717) is 5.82 Å². The maximum Gasteiger partial charge on any atom is 0.261 e. The van der Waals surface area contributed by atoms with Crippen molar-refractivity contribution in [3.8, 4) is 0 Å². The lowest BCUT2D eigenvalue weighted by Gasteiger charge is -2.18. The molecule has 0 saturated heterocycles. The van der Waals surface area contributed by atoms with Crippen molar-refractivity contribution in [2.45, 2.75) is 0 Å². The van der Waals surface area contributed by atoms with Gasteiger partial charge in [-0.15, -0.1) is 0 Å². The molecule has 1 aromatic heterocycles. The Bertz CT molecular complexity index is 586. The Labute approximate surface area is 110 Å². The van der Waals surface area contributed by atoms with E-state index in [1.807, 2.05) is 30.3 Å². The average molecular weight is 259 g/mol. The summed E-state index contributed by atoms with van der Waals surface area (Å²) in [6.45, 7) is 0. The first-order valence-electron chi connectivity index (χ1n) is 5.80. The highest BCUT2D eigenvalue weighted by molar-refractivity contribution is 6.08. The molecule has 0 fully saturated rings. The minimum absolute atomic E-state index is 0.203. The van der Waals surface area contributed by atoms with Crippen LogP contribution in [0.5, 0.6) is 0 Å². The van der Waals surface area contributed by atoms with E-state index in [4.69, 9.17) is 0 Å². The molecule has 1 heterocycles. The Morgan fingerprint density at radius 1 is 1.32 bits per heavy atom. The van der Waals surface area contributed by atoms with Gasteiger partial charge in [0, 0.05) is 19.8 Å². The number of aromatic nitrogens is 1. The van der Waals surface area contributed by atoms with Crippen molar-refractivity contribution in [3.05, 3.63) is 54.0 Å². The number of pyridine rings is 1. The predicted octanol–water partition coefficient (Wildman–Crippen LogP) is 2.54. The largest absolute Gasteiger partial charge is 0.372 e. The van der Waals surface area contributed by atoms with Crippen LogP contribution in [0.15, 0.2) is 42.6 Å². The summed E-state index contributed by atoms with van der Waals surface area (Å²) >= 11 is 0. The number of carbonyl (C=O) groups excluding carboxylic acids is 1. The molecule has 0 spiro atoms. The van der Waals surface area contributed by atoms with E-state index in [-0.39, 0.29) is 11.5 Å². The van der Waals surface area contributed by atoms with E-state index in [0.717, 1.165) is 11.9 Å². The minimum Gasteiger partial charge on any atom is -0.372 e. The molecule has 1 N–H and O–H groups in total. The number of hydrogen-bond acceptors (Lipinski definition) is 3. The van der Waals surface area contributed by atoms with Crippen LogP contribution in [0, 0.1) is 5.82 Å². The Balaban J connectivity index is 2.37. The zero-order chi connectivity index (χ0) is 13.8. The SMILES string of the molecule is CNc1ncc(F)cc1C(=O)N(C)c1ccccc1. The quantitative estimate of drug-likeness (QED) is 0.921. The number of carbonyl (C=O) groups is 1. The van der Waals surface area contributed by atoms with Gasteiger partial charge in [-0.05, 0) is 18.2 Å². The summed E-state index contributed by atoms with van der Waals surface area (Å²) in [6.07, 6.45) is 1.07. The first kappa shape index (κ1) is 13.0. The molecule has 0 unspecified atom stereocenters. The van der Waals surface area contributed by atoms with Crippen molar-refractivity contribution < 1.29 is 9.18 Å². The van der Waals surface area contributed by atoms with Gasteiger partial charge in [-0.3, -0.25) is 4.79 Å². The van der Waals surface area contributed by atoms with Crippen molar-refractivity contribution in [3.63, 3.8) is 0 Å². The molecule has 0 bridgehead atoms. The first-order chi connectivity index (χ1) is 9.13. The Kier molecular flexibility index (Phi) is 3.75. The standard InChI is InChI=1S/C14H14FN3O/c1-16-13-12(8-10(15)9-17-13)14(19)18(2)11-6-4-3-5-7-11/h3-9H,1-2H3,(H,16,17). The third kappa shape index (κ3) is 2.70. The van der Waals surface area contributed by atoms with Crippen LogP contribution in [0.4, 0.5) is 15.9 Å². The van der Waals surface area contributed by atoms with Gasteiger partial charge in [0.25, 0.3) is 5.91 Å². The van der Waals surface area contributed by atoms with Gasteiger partial charge in [-0.25, -0.2) is 9.37 Å². The topological polar surface area (TPSA) is 45.2 Å². The molecular formula is C14H14FN3O. The fourth-order valence-electron chi connectivity index (χ4n) is 1.75. The summed E-state index contributed by atoms with van der Waals surface area (Å²) in [6, 6.07) is 10.3. The third-order valence-corrected chi connectivity index (χ3v) is 2.77. The minimum atomic E-state index is -0.538. The molecular weight excluding hydrogens is 245 g/mol. The summed E-state index contributed by atoms with van der Waals surface area (Å²) < 4.78 is 13.2. The molecule has 1 amide bonds. The highest BCUT2D eigenvalue weighted by Crippen LogP contribution is 2.19. The molecule has 98 valence electrons. The summed E-state index contributed by atoms with van der Waals surface area (Å²) in [5.74, 6) is -0.499. The zero-order valence-corrected chi connectivity index (χ0v) is 10.7. The highest BCUT2D eigenvalue weighted by atomic mass is 19.1. The van der Waals surface area contributed by atoms with Gasteiger partial charge < -0.3 is 10.2 Å². The van der Waals surface area contributed by atoms with Crippen LogP contribution in [-0.4, -0.2) is 25.0 Å². The lowest BCUT2D eigenvalue weighted by Crippen LogP contribution is -2.27. The highest BCUT2D eigenvalue weighted by Gasteiger charge is 2.18. The number of rotatable bonds is 3. The van der Waals surface area contributed by atoms with Crippen molar-refractivity contribution in [1.82, 2.24) is 4.98 Å². The second-order valence-electron chi connectivity index (χ2n) is 4.00. The number of anilines is 2. The van der Waals surface area contributed by atoms with Crippen molar-refractivity contribution in [2.24, 2.45) is 0 Å². The van der Waals surface area contributed by atoms with Crippen LogP contribution in [0.2, 0.25) is 0 Å². The number of nitrogens with zero attached hydrogens (tertiary/aromatic N) is 2. The van der Waals surface area contributed by atoms with E-state index in [1.165, 1.54) is 11.0 Å². The van der Waals surface area contributed by atoms with Gasteiger partial charge >= 0.3 is 0 Å². The van der Waals surface area contributed by atoms with Gasteiger partial charge in [0.15, 0.2) is 0 Å². The summed E-state index contributed by atoms with van der Waals surface area (Å²) in [5, 5.41) is 2.78. The number of nitrogens with one attached hydrogen (secondary N) is 1. The van der Waals surface area contributed by atoms with Gasteiger partial charge in [-0.2, -0.15) is 0 Å². The summed E-state index contributed by atoms with van der Waals surface area (Å²) in [5.41, 5.74) is 0.938. The Morgan fingerprint density at radius 2 is 2.00 bits per heavy atom. The first-order valence-corrected chi connectivity index (χ1v) is 5.80. The van der Waals surface area contributed by atoms with E-state index >= 15 is 0 Å². The van der Waals surface area contributed by atoms with Gasteiger partial charge in [0.2, 0.25) is 0 Å². The van der Waals surface area contributed by atoms with E-state index in [1.54, 1.807) is 14.1 Å². The van der Waals surface area contributed by atoms with E-state index in [9.17, 15) is 9.18 Å². The molecule has 2 aromatic rings. The van der Waals surface area contributed by atoms with Gasteiger partial charge in [0.05, 0.1) is 11.8 Å². The molecule has 0 aliphatic carbocycles. The number of benzene rings is 1. The van der Waals surface area contributed by atoms with Crippen LogP contribution in [-0.2, 0) is 0 Å². The van der Waals surface area contributed by atoms with Gasteiger partial charge in [0.1, 0.15) is 11.6 Å². The molecule has 1 aromatic carbocycles. The molecule has 0 atom stereocenters. The van der Waals surface area contributed by atoms with Crippen LogP contribution in [0.3, 0.4) is 0 Å². The zero-order valence-electron chi connectivity index (χ0n) is 10.7. The maximum absolute atomic E-state index is 13.2. The van der Waals surface area contributed by atoms with Crippen LogP contribution < -0.4 is 10.2 Å². The van der Waals surface area contributed by atoms with Gasteiger partial charge in [-0.1, -0.05) is 18.2 Å². The number of hydrogen-bond donors (Lipinski definition) is 1. The predicted molar refractivity (Wildman–Crippen MR) is 72.9 cm³/mol. The van der Waals surface area contributed by atoms with Crippen LogP contribution >= 0.6 is 0 Å². The second-order valence-corrected chi connectivity index (χ2v) is 4.00. The molecule has 4 nitrogen and oxygen atoms in total. The van der Waals surface area contributed by atoms with Crippen molar-refractivity contribution >= 4 is 17.4 Å². The smallest absolute Gasteiger partial charge is 0.261 e. The summed E-state index contributed by atoms with van der Waals surface area (Å²) in [4.78, 5) is 17.7. The average Bonchev–Trinajstić information content (AvgIpc) is 2.46.